The molecule has 0 aromatic rings. The number of hydrogen-bond acceptors (Lipinski definition) is 12. The number of quaternary nitrogens is 1. The number of nitrogens with one attached hydrogen (secondary N) is 1. The Kier molecular flexibility index (Phi) is 57.2. The molecule has 0 amide bonds. The predicted octanol–water partition coefficient (Wildman–Crippen LogP) is 2.81. The topological polar surface area (TPSA) is 293 Å². The second-order valence-corrected chi connectivity index (χ2v) is 14.4. The summed E-state index contributed by atoms with van der Waals surface area (Å²) in [5, 5.41) is 87.0. The van der Waals surface area contributed by atoms with Crippen LogP contribution in [0.1, 0.15) is 111 Å². The van der Waals surface area contributed by atoms with E-state index < -0.39 is 60.4 Å². The summed E-state index contributed by atoms with van der Waals surface area (Å²) in [5.41, 5.74) is 10.0. The fourth-order valence-corrected chi connectivity index (χ4v) is 4.18. The van der Waals surface area contributed by atoms with E-state index in [9.17, 15) is 60.3 Å². The van der Waals surface area contributed by atoms with Crippen LogP contribution in [0, 0.1) is 12.8 Å². The smallest absolute Gasteiger partial charge is 0.670 e. The Balaban J connectivity index is -0.000000274. The van der Waals surface area contributed by atoms with Crippen molar-refractivity contribution in [3.63, 3.8) is 0 Å². The number of carbonyl (C=O) groups excluding carboxylic acids is 3. The largest absolute Gasteiger partial charge is 2.00 e. The maximum Gasteiger partial charge on any atom is 2.00 e. The molecule has 8 atom stereocenters. The van der Waals surface area contributed by atoms with Gasteiger partial charge in [0.1, 0.15) is 0 Å². The maximum absolute atomic E-state index is 10.2. The minimum atomic E-state index is -1.32. The van der Waals surface area contributed by atoms with Gasteiger partial charge in [0.05, 0.1) is 43.2 Å². The molecule has 0 saturated heterocycles. The Bertz CT molecular complexity index is 1440. The first-order chi connectivity index (χ1) is 30.4. The van der Waals surface area contributed by atoms with Crippen LogP contribution in [0.15, 0.2) is 122 Å². The number of aliphatic hydroxyl groups excluding tert-OH is 6. The molecule has 65 heavy (non-hydrogen) atoms. The number of rotatable bonds is 31. The number of carboxylic acid groups (broad SMARTS) is 3. The van der Waals surface area contributed by atoms with E-state index in [4.69, 9.17) is 5.73 Å². The zero-order valence-corrected chi connectivity index (χ0v) is 40.7. The molecule has 10 N–H and O–H groups in total. The molecule has 15 heteroatoms. The van der Waals surface area contributed by atoms with Crippen molar-refractivity contribution in [3.8, 4) is 0 Å². The summed E-state index contributed by atoms with van der Waals surface area (Å²) < 4.78 is 0. The molecular weight excluding hydrogens is 845 g/mol. The third-order valence-corrected chi connectivity index (χ3v) is 8.23. The van der Waals surface area contributed by atoms with E-state index >= 15 is 0 Å². The monoisotopic (exact) mass is 925 g/mol. The number of carbonyl (C=O) groups is 3. The van der Waals surface area contributed by atoms with Gasteiger partial charge in [0, 0.05) is 17.9 Å². The van der Waals surface area contributed by atoms with Crippen LogP contribution in [0.5, 0.6) is 0 Å². The van der Waals surface area contributed by atoms with Crippen molar-refractivity contribution in [2.75, 3.05) is 6.54 Å². The van der Waals surface area contributed by atoms with Crippen LogP contribution in [0.2, 0.25) is 0 Å². The fraction of sp³-hybridized carbons (Fsp3) is 0.520. The van der Waals surface area contributed by atoms with Gasteiger partial charge in [-0.25, -0.2) is 0 Å². The van der Waals surface area contributed by atoms with E-state index in [1.54, 1.807) is 85.1 Å². The van der Waals surface area contributed by atoms with Crippen molar-refractivity contribution in [1.82, 2.24) is 0 Å². The van der Waals surface area contributed by atoms with Crippen LogP contribution in [0.3, 0.4) is 0 Å². The Morgan fingerprint density at radius 2 is 0.892 bits per heavy atom. The van der Waals surface area contributed by atoms with Gasteiger partial charge in [-0.05, 0) is 64.2 Å². The van der Waals surface area contributed by atoms with E-state index in [1.165, 1.54) is 6.92 Å². The summed E-state index contributed by atoms with van der Waals surface area (Å²) in [7, 11) is 0. The number of aliphatic hydroxyl groups is 6. The summed E-state index contributed by atoms with van der Waals surface area (Å²) in [6, 6.07) is -1.09. The van der Waals surface area contributed by atoms with E-state index in [0.717, 1.165) is 38.6 Å². The van der Waals surface area contributed by atoms with E-state index in [0.29, 0.717) is 44.9 Å². The van der Waals surface area contributed by atoms with Crippen molar-refractivity contribution >= 4 is 41.0 Å². The number of carboxylic acids is 3. The van der Waals surface area contributed by atoms with Crippen molar-refractivity contribution in [1.29, 1.82) is 0 Å². The van der Waals surface area contributed by atoms with E-state index in [2.05, 4.69) is 19.6 Å². The third kappa shape index (κ3) is 62.4. The molecule has 0 fully saturated rings. The Labute approximate surface area is 405 Å². The number of aliphatic carboxylic acids is 3. The quantitative estimate of drug-likeness (QED) is 0.0229. The third-order valence-electron chi connectivity index (χ3n) is 8.23. The minimum Gasteiger partial charge on any atom is -0.670 e. The van der Waals surface area contributed by atoms with E-state index in [1.807, 2.05) is 50.3 Å². The molecule has 0 rings (SSSR count). The molecule has 0 aromatic carbocycles. The van der Waals surface area contributed by atoms with Crippen LogP contribution in [-0.4, -0.2) is 121 Å². The predicted molar refractivity (Wildman–Crippen MR) is 256 cm³/mol. The summed E-state index contributed by atoms with van der Waals surface area (Å²) in [5.74, 6) is -4.03. The molecule has 0 bridgehead atoms. The number of allylic oxidation sites excluding steroid dienone is 12. The summed E-state index contributed by atoms with van der Waals surface area (Å²) in [6.07, 6.45) is 40.5. The fourth-order valence-electron chi connectivity index (χ4n) is 4.18. The van der Waals surface area contributed by atoms with Crippen molar-refractivity contribution in [2.45, 2.75) is 154 Å². The van der Waals surface area contributed by atoms with Gasteiger partial charge in [-0.1, -0.05) is 168 Å². The summed E-state index contributed by atoms with van der Waals surface area (Å²) in [4.78, 5) is 29.7. The van der Waals surface area contributed by atoms with Crippen molar-refractivity contribution in [3.05, 3.63) is 134 Å². The molecule has 366 valence electrons. The molecule has 0 aromatic heterocycles. The van der Waals surface area contributed by atoms with Crippen LogP contribution < -0.4 is 21.1 Å². The first-order valence-corrected chi connectivity index (χ1v) is 22.1. The number of unbranched alkanes of at least 4 members (excludes halogenated alkanes) is 2. The average Bonchev–Trinajstić information content (AvgIpc) is 3.25. The maximum atomic E-state index is 10.2. The standard InChI is InChI=1S/C20H30O5.C20H32O3.C7H14NO2.C3H6NO2.Mg/c1-2-17(21)11-8-5-9-14-18(22)12-6-3-4-7-13-19(23)15-10-16-20(24)25;1-3-5-13-19(22)15-9-6-7-10-16-20(23)17-12-8-11-14-18(21)4-2;1-6(7(9)10)4-2-3-5-8;1-2(4)3(5)6;/h3-9,11-13,17-19,21-23H,2,10,14-16H2,1H3,(H,24,25);6-12,14-16,18-23H,3-5,13,17H2,1-2H3;6H,1-5,8H2,(H,9,10);2,4H,1H3,(H,5,6);/q;;2*-1;+2/p-2/b4-3+,9-5-,11-8+,12-6+,13-7-;7-6+,12-8-,14-11+,15-9-,16-10+;;;/t17-,18-,19+;18-,19-,20-;6-;2-;/m0000./s1. The molecule has 0 unspecified atom stereocenters. The van der Waals surface area contributed by atoms with Gasteiger partial charge in [-0.3, -0.25) is 0 Å². The summed E-state index contributed by atoms with van der Waals surface area (Å²) in [6.45, 7) is 11.5. The van der Waals surface area contributed by atoms with Gasteiger partial charge in [0.2, 0.25) is 0 Å². The molecule has 0 aliphatic carbocycles. The zero-order valence-electron chi connectivity index (χ0n) is 39.3. The average molecular weight is 925 g/mol. The second-order valence-electron chi connectivity index (χ2n) is 14.4. The molecule has 0 radical (unpaired) electrons. The molecule has 0 heterocycles. The van der Waals surface area contributed by atoms with Crippen molar-refractivity contribution < 1.29 is 66.1 Å². The Morgan fingerprint density at radius 3 is 1.22 bits per heavy atom. The van der Waals surface area contributed by atoms with Crippen LogP contribution in [-0.2, 0) is 14.4 Å². The Hall–Kier alpha value is -3.74. The SMILES string of the molecule is CCCC[C@H](O)\C=C/C=C/C=C/[C@H](O)C/C=C\C=C\[C@@H](O)CC.CC[C@H](O)/C=C/C=C\C[C@@H](O)/C=C/C=C/C=C\[C@@H](O)CCCC(=O)[O-].C[C@H]([NH-])C(=O)[O-].[CH2-][C@@H](CCCC[NH3+])C(=O)[O-].[Mg+2]. The molecule has 0 aliphatic rings. The number of hydrogen-bond donors (Lipinski definition) is 7. The first-order valence-electron chi connectivity index (χ1n) is 22.1. The van der Waals surface area contributed by atoms with Gasteiger partial charge in [0.25, 0.3) is 0 Å². The minimum absolute atomic E-state index is 0. The zero-order chi connectivity index (χ0) is 49.4. The molecule has 14 nitrogen and oxygen atoms in total. The molecule has 0 aliphatic heterocycles. The summed E-state index contributed by atoms with van der Waals surface area (Å²) >= 11 is 0. The first kappa shape index (κ1) is 70.3. The molecule has 0 saturated carbocycles. The van der Waals surface area contributed by atoms with Gasteiger partial charge < -0.3 is 78.7 Å². The molecular formula is C50H80MgN2O12-2. The van der Waals surface area contributed by atoms with Crippen molar-refractivity contribution in [2.24, 2.45) is 5.92 Å². The van der Waals surface area contributed by atoms with Gasteiger partial charge in [-0.15, -0.1) is 12.0 Å². The molecule has 0 spiro atoms. The van der Waals surface area contributed by atoms with Crippen LogP contribution >= 0.6 is 0 Å². The van der Waals surface area contributed by atoms with Crippen LogP contribution in [0.25, 0.3) is 5.73 Å². The Morgan fingerprint density at radius 1 is 0.538 bits per heavy atom. The van der Waals surface area contributed by atoms with Gasteiger partial charge in [-0.2, -0.15) is 0 Å². The van der Waals surface area contributed by atoms with Gasteiger partial charge in [0.15, 0.2) is 0 Å². The van der Waals surface area contributed by atoms with Crippen LogP contribution in [0.4, 0.5) is 0 Å². The normalized spacial score (nSPS) is 15.8. The van der Waals surface area contributed by atoms with E-state index in [-0.39, 0.29) is 35.6 Å². The van der Waals surface area contributed by atoms with Gasteiger partial charge >= 0.3 is 23.1 Å². The second kappa shape index (κ2) is 52.9.